The summed E-state index contributed by atoms with van der Waals surface area (Å²) in [5, 5.41) is 0. The van der Waals surface area contributed by atoms with Gasteiger partial charge in [0.15, 0.2) is 0 Å². The van der Waals surface area contributed by atoms with Crippen LogP contribution in [0.3, 0.4) is 0 Å². The van der Waals surface area contributed by atoms with E-state index in [0.29, 0.717) is 22.7 Å². The zero-order chi connectivity index (χ0) is 14.9. The van der Waals surface area contributed by atoms with E-state index in [4.69, 9.17) is 5.73 Å². The number of likely N-dealkylation sites (N-methyl/N-ethyl adjacent to an activating group) is 1. The van der Waals surface area contributed by atoms with Gasteiger partial charge in [0.25, 0.3) is 0 Å². The third kappa shape index (κ3) is 3.72. The van der Waals surface area contributed by atoms with Crippen molar-refractivity contribution in [2.45, 2.75) is 36.7 Å². The van der Waals surface area contributed by atoms with Crippen LogP contribution in [0.5, 0.6) is 0 Å². The normalized spacial score (nSPS) is 17.4. The SMILES string of the molecule is CC(CNS(=O)(=O)c1cc(N)ccc1Br)N(C)C1CC1. The molecule has 1 aromatic rings. The van der Waals surface area contributed by atoms with Crippen LogP contribution in [-0.2, 0) is 10.0 Å². The summed E-state index contributed by atoms with van der Waals surface area (Å²) in [6.45, 7) is 2.41. The number of hydrogen-bond donors (Lipinski definition) is 2. The maximum absolute atomic E-state index is 12.3. The summed E-state index contributed by atoms with van der Waals surface area (Å²) in [6.07, 6.45) is 2.41. The highest BCUT2D eigenvalue weighted by Crippen LogP contribution is 2.27. The van der Waals surface area contributed by atoms with Crippen LogP contribution in [0.4, 0.5) is 5.69 Å². The molecule has 1 aliphatic rings. The van der Waals surface area contributed by atoms with Gasteiger partial charge in [0.1, 0.15) is 0 Å². The summed E-state index contributed by atoms with van der Waals surface area (Å²) in [5.74, 6) is 0. The fourth-order valence-electron chi connectivity index (χ4n) is 2.02. The lowest BCUT2D eigenvalue weighted by Crippen LogP contribution is -2.41. The lowest BCUT2D eigenvalue weighted by molar-refractivity contribution is 0.248. The number of sulfonamides is 1. The van der Waals surface area contributed by atoms with Gasteiger partial charge in [-0.1, -0.05) is 0 Å². The number of rotatable bonds is 6. The quantitative estimate of drug-likeness (QED) is 0.757. The van der Waals surface area contributed by atoms with Gasteiger partial charge in [-0.2, -0.15) is 0 Å². The van der Waals surface area contributed by atoms with Crippen molar-refractivity contribution in [1.82, 2.24) is 9.62 Å². The topological polar surface area (TPSA) is 75.4 Å². The van der Waals surface area contributed by atoms with Crippen LogP contribution in [0.1, 0.15) is 19.8 Å². The molecule has 1 unspecified atom stereocenters. The first-order valence-corrected chi connectivity index (χ1v) is 8.85. The van der Waals surface area contributed by atoms with Crippen molar-refractivity contribution >= 4 is 31.6 Å². The Kier molecular flexibility index (Phi) is 4.73. The van der Waals surface area contributed by atoms with E-state index in [-0.39, 0.29) is 10.9 Å². The van der Waals surface area contributed by atoms with Crippen molar-refractivity contribution in [1.29, 1.82) is 0 Å². The van der Waals surface area contributed by atoms with E-state index in [2.05, 4.69) is 25.6 Å². The molecular weight excluding hydrogens is 342 g/mol. The first kappa shape index (κ1) is 15.8. The van der Waals surface area contributed by atoms with Gasteiger partial charge in [-0.05, 0) is 60.9 Å². The molecule has 3 N–H and O–H groups in total. The summed E-state index contributed by atoms with van der Waals surface area (Å²) < 4.78 is 27.8. The van der Waals surface area contributed by atoms with E-state index in [1.165, 1.54) is 18.9 Å². The minimum Gasteiger partial charge on any atom is -0.399 e. The molecule has 0 radical (unpaired) electrons. The monoisotopic (exact) mass is 361 g/mol. The van der Waals surface area contributed by atoms with E-state index in [9.17, 15) is 8.42 Å². The van der Waals surface area contributed by atoms with Gasteiger partial charge in [-0.15, -0.1) is 0 Å². The smallest absolute Gasteiger partial charge is 0.241 e. The van der Waals surface area contributed by atoms with Gasteiger partial charge in [-0.25, -0.2) is 13.1 Å². The highest BCUT2D eigenvalue weighted by molar-refractivity contribution is 9.10. The standard InChI is InChI=1S/C13H20BrN3O2S/c1-9(17(2)11-4-5-11)8-16-20(18,19)13-7-10(15)3-6-12(13)14/h3,6-7,9,11,16H,4-5,8,15H2,1-2H3. The van der Waals surface area contributed by atoms with Crippen molar-refractivity contribution in [2.24, 2.45) is 0 Å². The van der Waals surface area contributed by atoms with E-state index < -0.39 is 10.0 Å². The second-order valence-electron chi connectivity index (χ2n) is 5.29. The maximum atomic E-state index is 12.3. The molecule has 0 heterocycles. The van der Waals surface area contributed by atoms with Crippen LogP contribution in [0.2, 0.25) is 0 Å². The Bertz CT molecular complexity index is 587. The number of anilines is 1. The zero-order valence-corrected chi connectivity index (χ0v) is 14.0. The van der Waals surface area contributed by atoms with E-state index in [1.54, 1.807) is 12.1 Å². The third-order valence-corrected chi connectivity index (χ3v) is 6.05. The van der Waals surface area contributed by atoms with Crippen molar-refractivity contribution in [2.75, 3.05) is 19.3 Å². The molecule has 1 atom stereocenters. The van der Waals surface area contributed by atoms with Crippen LogP contribution >= 0.6 is 15.9 Å². The van der Waals surface area contributed by atoms with Crippen LogP contribution in [0.15, 0.2) is 27.6 Å². The predicted octanol–water partition coefficient (Wildman–Crippen LogP) is 1.79. The largest absolute Gasteiger partial charge is 0.399 e. The molecule has 1 aliphatic carbocycles. The summed E-state index contributed by atoms with van der Waals surface area (Å²) in [4.78, 5) is 2.40. The fraction of sp³-hybridized carbons (Fsp3) is 0.538. The first-order chi connectivity index (χ1) is 9.31. The lowest BCUT2D eigenvalue weighted by Gasteiger charge is -2.24. The number of benzene rings is 1. The molecule has 20 heavy (non-hydrogen) atoms. The predicted molar refractivity (Wildman–Crippen MR) is 84.0 cm³/mol. The molecule has 0 bridgehead atoms. The van der Waals surface area contributed by atoms with Gasteiger partial charge in [0, 0.05) is 28.8 Å². The highest BCUT2D eigenvalue weighted by Gasteiger charge is 2.29. The molecule has 1 saturated carbocycles. The molecule has 0 saturated heterocycles. The molecule has 5 nitrogen and oxygen atoms in total. The summed E-state index contributed by atoms with van der Waals surface area (Å²) in [7, 11) is -1.52. The molecule has 1 fully saturated rings. The van der Waals surface area contributed by atoms with Crippen LogP contribution in [-0.4, -0.2) is 39.0 Å². The van der Waals surface area contributed by atoms with E-state index in [0.717, 1.165) is 0 Å². The average Bonchev–Trinajstić information content (AvgIpc) is 3.22. The van der Waals surface area contributed by atoms with Gasteiger partial charge in [-0.3, -0.25) is 4.90 Å². The van der Waals surface area contributed by atoms with Crippen LogP contribution in [0.25, 0.3) is 0 Å². The minimum atomic E-state index is -3.55. The Balaban J connectivity index is 2.05. The van der Waals surface area contributed by atoms with Crippen molar-refractivity contribution in [3.05, 3.63) is 22.7 Å². The number of hydrogen-bond acceptors (Lipinski definition) is 4. The molecule has 112 valence electrons. The highest BCUT2D eigenvalue weighted by atomic mass is 79.9. The van der Waals surface area contributed by atoms with Gasteiger partial charge < -0.3 is 5.73 Å². The molecule has 1 aromatic carbocycles. The Hall–Kier alpha value is -0.630. The van der Waals surface area contributed by atoms with E-state index in [1.807, 2.05) is 14.0 Å². The van der Waals surface area contributed by atoms with E-state index >= 15 is 0 Å². The zero-order valence-electron chi connectivity index (χ0n) is 11.6. The van der Waals surface area contributed by atoms with Crippen molar-refractivity contribution in [3.63, 3.8) is 0 Å². The molecule has 0 aliphatic heterocycles. The minimum absolute atomic E-state index is 0.164. The first-order valence-electron chi connectivity index (χ1n) is 6.58. The van der Waals surface area contributed by atoms with Gasteiger partial charge >= 0.3 is 0 Å². The van der Waals surface area contributed by atoms with Crippen LogP contribution < -0.4 is 10.5 Å². The van der Waals surface area contributed by atoms with Crippen molar-refractivity contribution in [3.8, 4) is 0 Å². The lowest BCUT2D eigenvalue weighted by atomic mass is 10.3. The number of nitrogens with one attached hydrogen (secondary N) is 1. The summed E-state index contributed by atoms with van der Waals surface area (Å²) in [6, 6.07) is 5.53. The second-order valence-corrected chi connectivity index (χ2v) is 7.88. The molecular formula is C13H20BrN3O2S. The average molecular weight is 362 g/mol. The van der Waals surface area contributed by atoms with Crippen LogP contribution in [0, 0.1) is 0 Å². The molecule has 2 rings (SSSR count). The fourth-order valence-corrected chi connectivity index (χ4v) is 4.14. The molecule has 0 aromatic heterocycles. The Morgan fingerprint density at radius 3 is 2.75 bits per heavy atom. The number of nitrogens with two attached hydrogens (primary N) is 1. The molecule has 0 spiro atoms. The van der Waals surface area contributed by atoms with Gasteiger partial charge in [0.05, 0.1) is 4.90 Å². The maximum Gasteiger partial charge on any atom is 0.241 e. The summed E-state index contributed by atoms with van der Waals surface area (Å²) in [5.41, 5.74) is 6.08. The Morgan fingerprint density at radius 2 is 2.15 bits per heavy atom. The Labute approximate surface area is 128 Å². The number of nitrogens with zero attached hydrogens (tertiary/aromatic N) is 1. The number of nitrogen functional groups attached to an aromatic ring is 1. The third-order valence-electron chi connectivity index (χ3n) is 3.63. The second kappa shape index (κ2) is 6.01. The Morgan fingerprint density at radius 1 is 1.50 bits per heavy atom. The molecule has 7 heteroatoms. The van der Waals surface area contributed by atoms with Gasteiger partial charge in [0.2, 0.25) is 10.0 Å². The molecule has 0 amide bonds. The van der Waals surface area contributed by atoms with Crippen molar-refractivity contribution < 1.29 is 8.42 Å². The summed E-state index contributed by atoms with van der Waals surface area (Å²) >= 11 is 3.25. The number of halogens is 1.